The van der Waals surface area contributed by atoms with Crippen LogP contribution in [-0.2, 0) is 9.53 Å². The minimum Gasteiger partial charge on any atom is -0.481 e. The number of nitriles is 1. The van der Waals surface area contributed by atoms with Gasteiger partial charge in [-0.05, 0) is 55.5 Å². The van der Waals surface area contributed by atoms with Gasteiger partial charge in [-0.15, -0.1) is 0 Å². The number of rotatable bonds is 5. The Labute approximate surface area is 139 Å². The summed E-state index contributed by atoms with van der Waals surface area (Å²) in [5, 5.41) is 11.4. The van der Waals surface area contributed by atoms with Crippen LogP contribution in [0.25, 0.3) is 0 Å². The standard InChI is InChI=1S/C18H16N2O4/c1-12(24-16-9-3-13(11-19)4-10-16)17(21)20-15-7-5-14(6-8-15)18(22)23-2/h3-10,12H,1-2H3,(H,20,21)/t12-/m0/s1. The van der Waals surface area contributed by atoms with E-state index in [1.807, 2.05) is 6.07 Å². The first-order valence-electron chi connectivity index (χ1n) is 7.19. The molecule has 0 spiro atoms. The maximum absolute atomic E-state index is 12.1. The number of hydrogen-bond acceptors (Lipinski definition) is 5. The van der Waals surface area contributed by atoms with Gasteiger partial charge in [-0.3, -0.25) is 4.79 Å². The van der Waals surface area contributed by atoms with Crippen molar-refractivity contribution in [2.75, 3.05) is 12.4 Å². The first-order valence-corrected chi connectivity index (χ1v) is 7.19. The van der Waals surface area contributed by atoms with Crippen LogP contribution in [0, 0.1) is 11.3 Å². The van der Waals surface area contributed by atoms with Gasteiger partial charge >= 0.3 is 5.97 Å². The van der Waals surface area contributed by atoms with E-state index in [1.54, 1.807) is 55.5 Å². The Hall–Kier alpha value is -3.33. The SMILES string of the molecule is COC(=O)c1ccc(NC(=O)[C@H](C)Oc2ccc(C#N)cc2)cc1. The van der Waals surface area contributed by atoms with Gasteiger partial charge in [0.25, 0.3) is 5.91 Å². The van der Waals surface area contributed by atoms with E-state index >= 15 is 0 Å². The molecule has 1 N–H and O–H groups in total. The highest BCUT2D eigenvalue weighted by molar-refractivity contribution is 5.95. The molecule has 0 saturated heterocycles. The first kappa shape index (κ1) is 17.0. The lowest BCUT2D eigenvalue weighted by atomic mass is 10.2. The van der Waals surface area contributed by atoms with Crippen LogP contribution in [0.3, 0.4) is 0 Å². The summed E-state index contributed by atoms with van der Waals surface area (Å²) < 4.78 is 10.1. The maximum atomic E-state index is 12.1. The highest BCUT2D eigenvalue weighted by atomic mass is 16.5. The molecule has 0 aliphatic heterocycles. The van der Waals surface area contributed by atoms with E-state index in [9.17, 15) is 9.59 Å². The number of esters is 1. The number of hydrogen-bond donors (Lipinski definition) is 1. The van der Waals surface area contributed by atoms with Crippen LogP contribution >= 0.6 is 0 Å². The Kier molecular flexibility index (Phi) is 5.53. The molecule has 0 saturated carbocycles. The van der Waals surface area contributed by atoms with E-state index < -0.39 is 12.1 Å². The molecule has 24 heavy (non-hydrogen) atoms. The molecule has 2 aromatic rings. The fourth-order valence-corrected chi connectivity index (χ4v) is 1.92. The fraction of sp³-hybridized carbons (Fsp3) is 0.167. The monoisotopic (exact) mass is 324 g/mol. The Morgan fingerprint density at radius 3 is 2.25 bits per heavy atom. The molecule has 0 aromatic heterocycles. The highest BCUT2D eigenvalue weighted by Gasteiger charge is 2.15. The van der Waals surface area contributed by atoms with Crippen LogP contribution in [0.1, 0.15) is 22.8 Å². The van der Waals surface area contributed by atoms with E-state index in [4.69, 9.17) is 10.00 Å². The third-order valence-corrected chi connectivity index (χ3v) is 3.24. The van der Waals surface area contributed by atoms with Gasteiger partial charge < -0.3 is 14.8 Å². The molecule has 2 aromatic carbocycles. The maximum Gasteiger partial charge on any atom is 0.337 e. The Balaban J connectivity index is 1.95. The number of amides is 1. The van der Waals surface area contributed by atoms with Gasteiger partial charge in [0.1, 0.15) is 5.75 Å². The average Bonchev–Trinajstić information content (AvgIpc) is 2.62. The summed E-state index contributed by atoms with van der Waals surface area (Å²) in [6.45, 7) is 1.62. The smallest absolute Gasteiger partial charge is 0.337 e. The summed E-state index contributed by atoms with van der Waals surface area (Å²) in [7, 11) is 1.31. The van der Waals surface area contributed by atoms with E-state index in [0.717, 1.165) is 0 Å². The number of nitrogens with one attached hydrogen (secondary N) is 1. The van der Waals surface area contributed by atoms with Gasteiger partial charge in [0.15, 0.2) is 6.10 Å². The molecule has 0 radical (unpaired) electrons. The molecular formula is C18H16N2O4. The second-order valence-electron chi connectivity index (χ2n) is 4.95. The summed E-state index contributed by atoms with van der Waals surface area (Å²) in [5.74, 6) is -0.270. The summed E-state index contributed by atoms with van der Waals surface area (Å²) in [6.07, 6.45) is -0.724. The molecular weight excluding hydrogens is 308 g/mol. The van der Waals surface area contributed by atoms with Crippen molar-refractivity contribution in [1.29, 1.82) is 5.26 Å². The molecule has 0 aliphatic rings. The molecule has 6 nitrogen and oxygen atoms in total. The van der Waals surface area contributed by atoms with Crippen molar-refractivity contribution in [3.8, 4) is 11.8 Å². The lowest BCUT2D eigenvalue weighted by molar-refractivity contribution is -0.122. The topological polar surface area (TPSA) is 88.4 Å². The summed E-state index contributed by atoms with van der Waals surface area (Å²) in [5.41, 5.74) is 1.46. The van der Waals surface area contributed by atoms with Gasteiger partial charge in [0.2, 0.25) is 0 Å². The van der Waals surface area contributed by atoms with Crippen molar-refractivity contribution in [2.45, 2.75) is 13.0 Å². The van der Waals surface area contributed by atoms with Crippen molar-refractivity contribution in [3.05, 3.63) is 59.7 Å². The van der Waals surface area contributed by atoms with Gasteiger partial charge in [0, 0.05) is 5.69 Å². The molecule has 1 amide bonds. The number of methoxy groups -OCH3 is 1. The minimum absolute atomic E-state index is 0.329. The second-order valence-corrected chi connectivity index (χ2v) is 4.95. The number of benzene rings is 2. The lowest BCUT2D eigenvalue weighted by Crippen LogP contribution is -2.30. The van der Waals surface area contributed by atoms with E-state index in [-0.39, 0.29) is 5.91 Å². The molecule has 1 atom stereocenters. The van der Waals surface area contributed by atoms with Crippen molar-refractivity contribution >= 4 is 17.6 Å². The van der Waals surface area contributed by atoms with Gasteiger partial charge in [-0.2, -0.15) is 5.26 Å². The van der Waals surface area contributed by atoms with Gasteiger partial charge in [-0.1, -0.05) is 0 Å². The lowest BCUT2D eigenvalue weighted by Gasteiger charge is -2.15. The zero-order valence-corrected chi connectivity index (χ0v) is 13.3. The minimum atomic E-state index is -0.724. The quantitative estimate of drug-likeness (QED) is 0.854. The van der Waals surface area contributed by atoms with Gasteiger partial charge in [-0.25, -0.2) is 4.79 Å². The second kappa shape index (κ2) is 7.79. The molecule has 2 rings (SSSR count). The van der Waals surface area contributed by atoms with Crippen LogP contribution in [0.4, 0.5) is 5.69 Å². The van der Waals surface area contributed by atoms with Crippen molar-refractivity contribution < 1.29 is 19.1 Å². The molecule has 122 valence electrons. The third kappa shape index (κ3) is 4.34. The predicted molar refractivity (Wildman–Crippen MR) is 87.7 cm³/mol. The first-order chi connectivity index (χ1) is 11.5. The number of nitrogens with zero attached hydrogens (tertiary/aromatic N) is 1. The van der Waals surface area contributed by atoms with E-state index in [2.05, 4.69) is 10.1 Å². The summed E-state index contributed by atoms with van der Waals surface area (Å²) in [6, 6.07) is 14.9. The summed E-state index contributed by atoms with van der Waals surface area (Å²) >= 11 is 0. The largest absolute Gasteiger partial charge is 0.481 e. The summed E-state index contributed by atoms with van der Waals surface area (Å²) in [4.78, 5) is 23.5. The number of anilines is 1. The molecule has 0 aliphatic carbocycles. The van der Waals surface area contributed by atoms with E-state index in [1.165, 1.54) is 7.11 Å². The van der Waals surface area contributed by atoms with Crippen LogP contribution in [-0.4, -0.2) is 25.1 Å². The number of carbonyl (C=O) groups is 2. The molecule has 6 heteroatoms. The third-order valence-electron chi connectivity index (χ3n) is 3.24. The van der Waals surface area contributed by atoms with Crippen LogP contribution < -0.4 is 10.1 Å². The van der Waals surface area contributed by atoms with Crippen LogP contribution in [0.2, 0.25) is 0 Å². The number of carbonyl (C=O) groups excluding carboxylic acids is 2. The fourth-order valence-electron chi connectivity index (χ4n) is 1.92. The highest BCUT2D eigenvalue weighted by Crippen LogP contribution is 2.15. The zero-order chi connectivity index (χ0) is 17.5. The van der Waals surface area contributed by atoms with Crippen molar-refractivity contribution in [2.24, 2.45) is 0 Å². The molecule has 0 bridgehead atoms. The zero-order valence-electron chi connectivity index (χ0n) is 13.3. The van der Waals surface area contributed by atoms with Crippen LogP contribution in [0.5, 0.6) is 5.75 Å². The Bertz CT molecular complexity index is 761. The molecule has 0 heterocycles. The van der Waals surface area contributed by atoms with Crippen molar-refractivity contribution in [1.82, 2.24) is 0 Å². The van der Waals surface area contributed by atoms with Gasteiger partial charge in [0.05, 0.1) is 24.3 Å². The average molecular weight is 324 g/mol. The van der Waals surface area contributed by atoms with Crippen molar-refractivity contribution in [3.63, 3.8) is 0 Å². The normalized spacial score (nSPS) is 11.0. The predicted octanol–water partition coefficient (Wildman–Crippen LogP) is 2.75. The Morgan fingerprint density at radius 1 is 1.08 bits per heavy atom. The molecule has 0 unspecified atom stereocenters. The number of ether oxygens (including phenoxy) is 2. The van der Waals surface area contributed by atoms with E-state index in [0.29, 0.717) is 22.6 Å². The van der Waals surface area contributed by atoms with Crippen LogP contribution in [0.15, 0.2) is 48.5 Å². The Morgan fingerprint density at radius 2 is 1.71 bits per heavy atom. The molecule has 0 fully saturated rings.